The fourth-order valence-corrected chi connectivity index (χ4v) is 2.58. The highest BCUT2D eigenvalue weighted by Gasteiger charge is 2.13. The molecule has 2 aromatic rings. The summed E-state index contributed by atoms with van der Waals surface area (Å²) < 4.78 is 18.5. The Labute approximate surface area is 167 Å². The van der Waals surface area contributed by atoms with Gasteiger partial charge in [-0.25, -0.2) is 4.39 Å². The number of amides is 2. The molecule has 0 saturated carbocycles. The maximum atomic E-state index is 13.0. The van der Waals surface area contributed by atoms with Gasteiger partial charge in [0.1, 0.15) is 18.2 Å². The van der Waals surface area contributed by atoms with Gasteiger partial charge in [-0.3, -0.25) is 9.59 Å². The Morgan fingerprint density at radius 2 is 1.85 bits per heavy atom. The van der Waals surface area contributed by atoms with Crippen LogP contribution in [0.1, 0.15) is 16.8 Å². The van der Waals surface area contributed by atoms with E-state index in [0.29, 0.717) is 23.9 Å². The molecule has 0 saturated heterocycles. The van der Waals surface area contributed by atoms with E-state index in [2.05, 4.69) is 5.32 Å². The topological polar surface area (TPSA) is 58.6 Å². The monoisotopic (exact) mass is 412 g/mol. The average Bonchev–Trinajstić information content (AvgIpc) is 2.63. The fraction of sp³-hybridized carbons (Fsp3) is 0.263. The number of halogens is 3. The first-order chi connectivity index (χ1) is 12.9. The molecule has 2 aromatic carbocycles. The molecule has 0 aliphatic heterocycles. The molecule has 2 rings (SSSR count). The Balaban J connectivity index is 1.69. The number of rotatable bonds is 8. The summed E-state index contributed by atoms with van der Waals surface area (Å²) in [6, 6.07) is 10.5. The summed E-state index contributed by atoms with van der Waals surface area (Å²) in [7, 11) is 1.66. The van der Waals surface area contributed by atoms with Crippen molar-refractivity contribution < 1.29 is 18.7 Å². The lowest BCUT2D eigenvalue weighted by atomic mass is 10.2. The zero-order valence-electron chi connectivity index (χ0n) is 14.7. The Morgan fingerprint density at radius 3 is 2.52 bits per heavy atom. The van der Waals surface area contributed by atoms with Gasteiger partial charge in [0.2, 0.25) is 5.91 Å². The minimum Gasteiger partial charge on any atom is -0.492 e. The number of likely N-dealkylation sites (N-methyl/N-ethyl adjacent to an activating group) is 1. The SMILES string of the molecule is CN(CCOc1ccc(Cl)cc1)C(=O)CCNC(=O)c1ccc(F)cc1Cl. The fourth-order valence-electron chi connectivity index (χ4n) is 2.20. The standard InChI is InChI=1S/C19H19Cl2FN2O3/c1-24(10-11-27-15-5-2-13(20)3-6-15)18(25)8-9-23-19(26)16-7-4-14(22)12-17(16)21/h2-7,12H,8-11H2,1H3,(H,23,26). The van der Waals surface area contributed by atoms with Crippen LogP contribution in [-0.4, -0.2) is 43.5 Å². The normalized spacial score (nSPS) is 10.4. The first-order valence-electron chi connectivity index (χ1n) is 8.22. The van der Waals surface area contributed by atoms with Crippen molar-refractivity contribution in [3.05, 3.63) is 63.9 Å². The van der Waals surface area contributed by atoms with E-state index in [9.17, 15) is 14.0 Å². The summed E-state index contributed by atoms with van der Waals surface area (Å²) in [5.41, 5.74) is 0.162. The predicted molar refractivity (Wildman–Crippen MR) is 103 cm³/mol. The van der Waals surface area contributed by atoms with Gasteiger partial charge in [0.15, 0.2) is 0 Å². The second kappa shape index (κ2) is 10.1. The summed E-state index contributed by atoms with van der Waals surface area (Å²) in [4.78, 5) is 25.6. The van der Waals surface area contributed by atoms with Crippen LogP contribution >= 0.6 is 23.2 Å². The van der Waals surface area contributed by atoms with Crippen molar-refractivity contribution in [2.45, 2.75) is 6.42 Å². The molecule has 0 heterocycles. The second-order valence-electron chi connectivity index (χ2n) is 5.75. The maximum absolute atomic E-state index is 13.0. The molecule has 0 aliphatic rings. The quantitative estimate of drug-likeness (QED) is 0.717. The molecule has 0 bridgehead atoms. The van der Waals surface area contributed by atoms with E-state index in [0.717, 1.165) is 12.1 Å². The van der Waals surface area contributed by atoms with Crippen LogP contribution in [0.4, 0.5) is 4.39 Å². The number of carbonyl (C=O) groups is 2. The highest BCUT2D eigenvalue weighted by molar-refractivity contribution is 6.33. The van der Waals surface area contributed by atoms with E-state index in [-0.39, 0.29) is 29.5 Å². The number of nitrogens with zero attached hydrogens (tertiary/aromatic N) is 1. The van der Waals surface area contributed by atoms with Crippen LogP contribution in [0.15, 0.2) is 42.5 Å². The van der Waals surface area contributed by atoms with Crippen molar-refractivity contribution in [2.24, 2.45) is 0 Å². The number of carbonyl (C=O) groups excluding carboxylic acids is 2. The van der Waals surface area contributed by atoms with Gasteiger partial charge in [0.25, 0.3) is 5.91 Å². The van der Waals surface area contributed by atoms with Gasteiger partial charge in [-0.2, -0.15) is 0 Å². The van der Waals surface area contributed by atoms with Crippen molar-refractivity contribution in [3.63, 3.8) is 0 Å². The van der Waals surface area contributed by atoms with Crippen molar-refractivity contribution in [3.8, 4) is 5.75 Å². The Morgan fingerprint density at radius 1 is 1.15 bits per heavy atom. The minimum atomic E-state index is -0.519. The van der Waals surface area contributed by atoms with Crippen LogP contribution in [0, 0.1) is 5.82 Å². The van der Waals surface area contributed by atoms with Gasteiger partial charge < -0.3 is 15.0 Å². The molecule has 27 heavy (non-hydrogen) atoms. The van der Waals surface area contributed by atoms with Gasteiger partial charge in [0.05, 0.1) is 17.1 Å². The molecule has 0 fully saturated rings. The third-order valence-electron chi connectivity index (χ3n) is 3.73. The van der Waals surface area contributed by atoms with E-state index < -0.39 is 11.7 Å². The van der Waals surface area contributed by atoms with E-state index in [1.165, 1.54) is 11.0 Å². The molecule has 8 heteroatoms. The van der Waals surface area contributed by atoms with Crippen LogP contribution in [-0.2, 0) is 4.79 Å². The lowest BCUT2D eigenvalue weighted by molar-refractivity contribution is -0.130. The van der Waals surface area contributed by atoms with Crippen LogP contribution in [0.2, 0.25) is 10.0 Å². The number of nitrogens with one attached hydrogen (secondary N) is 1. The highest BCUT2D eigenvalue weighted by Crippen LogP contribution is 2.17. The molecular weight excluding hydrogens is 394 g/mol. The van der Waals surface area contributed by atoms with Crippen LogP contribution in [0.5, 0.6) is 5.75 Å². The number of hydrogen-bond acceptors (Lipinski definition) is 3. The van der Waals surface area contributed by atoms with Gasteiger partial charge in [-0.05, 0) is 42.5 Å². The molecule has 0 aliphatic carbocycles. The third-order valence-corrected chi connectivity index (χ3v) is 4.30. The number of ether oxygens (including phenoxy) is 1. The molecule has 0 spiro atoms. The van der Waals surface area contributed by atoms with E-state index in [1.54, 1.807) is 31.3 Å². The lowest BCUT2D eigenvalue weighted by Crippen LogP contribution is -2.34. The lowest BCUT2D eigenvalue weighted by Gasteiger charge is -2.17. The average molecular weight is 413 g/mol. The van der Waals surface area contributed by atoms with Crippen molar-refractivity contribution in [1.82, 2.24) is 10.2 Å². The second-order valence-corrected chi connectivity index (χ2v) is 6.59. The molecule has 0 atom stereocenters. The molecule has 1 N–H and O–H groups in total. The van der Waals surface area contributed by atoms with E-state index >= 15 is 0 Å². The maximum Gasteiger partial charge on any atom is 0.252 e. The van der Waals surface area contributed by atoms with Crippen molar-refractivity contribution in [2.75, 3.05) is 26.7 Å². The zero-order chi connectivity index (χ0) is 19.8. The molecule has 0 unspecified atom stereocenters. The molecule has 5 nitrogen and oxygen atoms in total. The van der Waals surface area contributed by atoms with Gasteiger partial charge in [-0.1, -0.05) is 23.2 Å². The van der Waals surface area contributed by atoms with Crippen LogP contribution < -0.4 is 10.1 Å². The largest absolute Gasteiger partial charge is 0.492 e. The van der Waals surface area contributed by atoms with Crippen LogP contribution in [0.25, 0.3) is 0 Å². The summed E-state index contributed by atoms with van der Waals surface area (Å²) in [6.45, 7) is 0.883. The Kier molecular flexibility index (Phi) is 7.88. The smallest absolute Gasteiger partial charge is 0.252 e. The highest BCUT2D eigenvalue weighted by atomic mass is 35.5. The summed E-state index contributed by atoms with van der Waals surface area (Å²) in [5.74, 6) is -0.445. The first kappa shape index (κ1) is 21.0. The van der Waals surface area contributed by atoms with Gasteiger partial charge in [0, 0.05) is 25.0 Å². The summed E-state index contributed by atoms with van der Waals surface area (Å²) in [6.07, 6.45) is 0.127. The summed E-state index contributed by atoms with van der Waals surface area (Å²) >= 11 is 11.6. The van der Waals surface area contributed by atoms with Crippen molar-refractivity contribution in [1.29, 1.82) is 0 Å². The number of hydrogen-bond donors (Lipinski definition) is 1. The molecule has 2 amide bonds. The molecule has 0 radical (unpaired) electrons. The molecule has 0 aromatic heterocycles. The van der Waals surface area contributed by atoms with Crippen molar-refractivity contribution >= 4 is 35.0 Å². The predicted octanol–water partition coefficient (Wildman–Crippen LogP) is 3.79. The third kappa shape index (κ3) is 6.73. The minimum absolute atomic E-state index is 0.0234. The molecular formula is C19H19Cl2FN2O3. The number of benzene rings is 2. The zero-order valence-corrected chi connectivity index (χ0v) is 16.2. The Bertz CT molecular complexity index is 800. The first-order valence-corrected chi connectivity index (χ1v) is 8.98. The van der Waals surface area contributed by atoms with Gasteiger partial charge in [-0.15, -0.1) is 0 Å². The Hall–Kier alpha value is -2.31. The van der Waals surface area contributed by atoms with E-state index in [4.69, 9.17) is 27.9 Å². The van der Waals surface area contributed by atoms with E-state index in [1.807, 2.05) is 0 Å². The molecule has 144 valence electrons. The van der Waals surface area contributed by atoms with Crippen LogP contribution in [0.3, 0.4) is 0 Å². The summed E-state index contributed by atoms with van der Waals surface area (Å²) in [5, 5.41) is 3.24. The van der Waals surface area contributed by atoms with Gasteiger partial charge >= 0.3 is 0 Å².